The van der Waals surface area contributed by atoms with Crippen LogP contribution in [0.2, 0.25) is 0 Å². The molecule has 1 fully saturated rings. The van der Waals surface area contributed by atoms with Crippen molar-refractivity contribution >= 4 is 6.03 Å². The Kier molecular flexibility index (Phi) is 5.71. The molecular formula is C19H26N4O2. The highest BCUT2D eigenvalue weighted by Crippen LogP contribution is 2.19. The van der Waals surface area contributed by atoms with Gasteiger partial charge in [-0.05, 0) is 32.4 Å². The number of hydrogen-bond acceptors (Lipinski definition) is 4. The number of amides is 2. The molecule has 1 aliphatic heterocycles. The second-order valence-corrected chi connectivity index (χ2v) is 6.66. The number of nitrogens with zero attached hydrogens (tertiary/aromatic N) is 2. The first kappa shape index (κ1) is 17.5. The van der Waals surface area contributed by atoms with Gasteiger partial charge in [0, 0.05) is 24.7 Å². The monoisotopic (exact) mass is 342 g/mol. The molecule has 2 amide bonds. The summed E-state index contributed by atoms with van der Waals surface area (Å²) in [6.45, 7) is 8.54. The maximum absolute atomic E-state index is 11.9. The summed E-state index contributed by atoms with van der Waals surface area (Å²) in [6.07, 6.45) is 1.15. The van der Waals surface area contributed by atoms with Gasteiger partial charge in [-0.1, -0.05) is 41.9 Å². The Hall–Kier alpha value is -2.34. The molecular weight excluding hydrogens is 316 g/mol. The topological polar surface area (TPSA) is 70.4 Å². The Bertz CT molecular complexity index is 696. The summed E-state index contributed by atoms with van der Waals surface area (Å²) in [5, 5.41) is 9.84. The van der Waals surface area contributed by atoms with Crippen LogP contribution in [0.4, 0.5) is 4.79 Å². The summed E-state index contributed by atoms with van der Waals surface area (Å²) < 4.78 is 5.31. The van der Waals surface area contributed by atoms with Crippen molar-refractivity contribution < 1.29 is 9.32 Å². The average molecular weight is 342 g/mol. The van der Waals surface area contributed by atoms with E-state index in [1.165, 1.54) is 5.56 Å². The molecule has 1 aliphatic rings. The second-order valence-electron chi connectivity index (χ2n) is 6.66. The number of carbonyl (C=O) groups is 1. The van der Waals surface area contributed by atoms with Crippen molar-refractivity contribution in [3.05, 3.63) is 41.7 Å². The lowest BCUT2D eigenvalue weighted by molar-refractivity contribution is 0.236. The number of aryl methyl sites for hydroxylation is 1. The Morgan fingerprint density at radius 3 is 2.84 bits per heavy atom. The van der Waals surface area contributed by atoms with Crippen LogP contribution in [0, 0.1) is 12.8 Å². The third kappa shape index (κ3) is 4.82. The zero-order valence-electron chi connectivity index (χ0n) is 14.9. The normalized spacial score (nSPS) is 17.6. The third-order valence-corrected chi connectivity index (χ3v) is 4.70. The Labute approximate surface area is 148 Å². The van der Waals surface area contributed by atoms with Gasteiger partial charge < -0.3 is 20.1 Å². The summed E-state index contributed by atoms with van der Waals surface area (Å²) in [5.41, 5.74) is 2.99. The quantitative estimate of drug-likeness (QED) is 0.847. The lowest BCUT2D eigenvalue weighted by Crippen LogP contribution is -2.38. The third-order valence-electron chi connectivity index (χ3n) is 4.70. The minimum atomic E-state index is -0.164. The lowest BCUT2D eigenvalue weighted by Gasteiger charge is -2.13. The van der Waals surface area contributed by atoms with E-state index >= 15 is 0 Å². The number of benzene rings is 1. The summed E-state index contributed by atoms with van der Waals surface area (Å²) >= 11 is 0. The van der Waals surface area contributed by atoms with Gasteiger partial charge in [0.15, 0.2) is 5.76 Å². The van der Waals surface area contributed by atoms with Crippen molar-refractivity contribution in [1.29, 1.82) is 0 Å². The van der Waals surface area contributed by atoms with Crippen LogP contribution in [0.25, 0.3) is 11.3 Å². The van der Waals surface area contributed by atoms with E-state index in [0.29, 0.717) is 24.8 Å². The van der Waals surface area contributed by atoms with Crippen molar-refractivity contribution in [1.82, 2.24) is 20.7 Å². The van der Waals surface area contributed by atoms with Gasteiger partial charge in [-0.25, -0.2) is 4.79 Å². The lowest BCUT2D eigenvalue weighted by atomic mass is 10.1. The van der Waals surface area contributed by atoms with Gasteiger partial charge in [-0.15, -0.1) is 0 Å². The van der Waals surface area contributed by atoms with Crippen LogP contribution in [0.3, 0.4) is 0 Å². The molecule has 6 nitrogen and oxygen atoms in total. The number of hydrogen-bond donors (Lipinski definition) is 2. The predicted molar refractivity (Wildman–Crippen MR) is 97.1 cm³/mol. The molecule has 2 heterocycles. The maximum Gasteiger partial charge on any atom is 0.315 e. The van der Waals surface area contributed by atoms with Crippen molar-refractivity contribution in [2.24, 2.45) is 5.92 Å². The fraction of sp³-hybridized carbons (Fsp3) is 0.474. The van der Waals surface area contributed by atoms with E-state index in [-0.39, 0.29) is 6.03 Å². The van der Waals surface area contributed by atoms with Crippen molar-refractivity contribution in [3.63, 3.8) is 0 Å². The number of aromatic nitrogens is 1. The summed E-state index contributed by atoms with van der Waals surface area (Å²) in [6, 6.07) is 9.80. The van der Waals surface area contributed by atoms with Gasteiger partial charge in [0.25, 0.3) is 0 Å². The fourth-order valence-corrected chi connectivity index (χ4v) is 3.09. The molecule has 1 aromatic heterocycles. The molecule has 134 valence electrons. The first-order valence-corrected chi connectivity index (χ1v) is 8.90. The van der Waals surface area contributed by atoms with Crippen LogP contribution in [-0.2, 0) is 6.54 Å². The minimum Gasteiger partial charge on any atom is -0.359 e. The molecule has 0 saturated carbocycles. The molecule has 1 saturated heterocycles. The van der Waals surface area contributed by atoms with Crippen molar-refractivity contribution in [3.8, 4) is 11.3 Å². The minimum absolute atomic E-state index is 0.164. The van der Waals surface area contributed by atoms with Crippen LogP contribution >= 0.6 is 0 Å². The molecule has 3 rings (SSSR count). The molecule has 25 heavy (non-hydrogen) atoms. The Balaban J connectivity index is 1.42. The molecule has 0 bridgehead atoms. The number of carbonyl (C=O) groups excluding carboxylic acids is 1. The van der Waals surface area contributed by atoms with Gasteiger partial charge >= 0.3 is 6.03 Å². The molecule has 2 N–H and O–H groups in total. The number of rotatable bonds is 6. The number of likely N-dealkylation sites (tertiary alicyclic amines) is 1. The summed E-state index contributed by atoms with van der Waals surface area (Å²) in [5.74, 6) is 1.19. The summed E-state index contributed by atoms with van der Waals surface area (Å²) in [7, 11) is 0. The molecule has 0 spiro atoms. The molecule has 1 aromatic carbocycles. The molecule has 0 radical (unpaired) electrons. The van der Waals surface area contributed by atoms with Crippen LogP contribution in [0.5, 0.6) is 0 Å². The smallest absolute Gasteiger partial charge is 0.315 e. The van der Waals surface area contributed by atoms with E-state index in [0.717, 1.165) is 37.3 Å². The highest BCUT2D eigenvalue weighted by Gasteiger charge is 2.21. The van der Waals surface area contributed by atoms with E-state index in [4.69, 9.17) is 4.52 Å². The Morgan fingerprint density at radius 1 is 1.32 bits per heavy atom. The van der Waals surface area contributed by atoms with Gasteiger partial charge in [-0.2, -0.15) is 0 Å². The molecule has 0 aliphatic carbocycles. The zero-order chi connectivity index (χ0) is 17.6. The summed E-state index contributed by atoms with van der Waals surface area (Å²) in [4.78, 5) is 14.3. The first-order valence-electron chi connectivity index (χ1n) is 8.90. The van der Waals surface area contributed by atoms with E-state index in [1.54, 1.807) is 0 Å². The SMILES string of the molecule is CCN1CC[C@@H](CNC(=O)NCc2cc(-c3ccc(C)cc3)no2)C1. The zero-order valence-corrected chi connectivity index (χ0v) is 14.9. The Morgan fingerprint density at radius 2 is 2.12 bits per heavy atom. The van der Waals surface area contributed by atoms with Crippen LogP contribution in [0.15, 0.2) is 34.9 Å². The fourth-order valence-electron chi connectivity index (χ4n) is 3.09. The molecule has 6 heteroatoms. The second kappa shape index (κ2) is 8.16. The van der Waals surface area contributed by atoms with Crippen molar-refractivity contribution in [2.45, 2.75) is 26.8 Å². The van der Waals surface area contributed by atoms with Gasteiger partial charge in [0.05, 0.1) is 6.54 Å². The average Bonchev–Trinajstić information content (AvgIpc) is 3.28. The largest absolute Gasteiger partial charge is 0.359 e. The maximum atomic E-state index is 11.9. The van der Waals surface area contributed by atoms with Crippen LogP contribution < -0.4 is 10.6 Å². The van der Waals surface area contributed by atoms with E-state index in [2.05, 4.69) is 27.6 Å². The highest BCUT2D eigenvalue weighted by atomic mass is 16.5. The first-order chi connectivity index (χ1) is 12.1. The van der Waals surface area contributed by atoms with Gasteiger partial charge in [-0.3, -0.25) is 0 Å². The molecule has 0 unspecified atom stereocenters. The molecule has 2 aromatic rings. The van der Waals surface area contributed by atoms with Gasteiger partial charge in [0.2, 0.25) is 0 Å². The highest BCUT2D eigenvalue weighted by molar-refractivity contribution is 5.73. The van der Waals surface area contributed by atoms with E-state index < -0.39 is 0 Å². The van der Waals surface area contributed by atoms with Gasteiger partial charge in [0.1, 0.15) is 5.69 Å². The van der Waals surface area contributed by atoms with Crippen LogP contribution in [-0.4, -0.2) is 42.3 Å². The number of nitrogens with one attached hydrogen (secondary N) is 2. The number of urea groups is 1. The molecule has 1 atom stereocenters. The standard InChI is InChI=1S/C19H26N4O2/c1-3-23-9-8-15(13-23)11-20-19(24)21-12-17-10-18(22-25-17)16-6-4-14(2)5-7-16/h4-7,10,15H,3,8-9,11-13H2,1-2H3,(H2,20,21,24)/t15-/m0/s1. The van der Waals surface area contributed by atoms with Crippen molar-refractivity contribution in [2.75, 3.05) is 26.2 Å². The predicted octanol–water partition coefficient (Wildman–Crippen LogP) is 2.79. The van der Waals surface area contributed by atoms with E-state index in [1.807, 2.05) is 37.3 Å². The van der Waals surface area contributed by atoms with Crippen LogP contribution in [0.1, 0.15) is 24.7 Å². The van der Waals surface area contributed by atoms with E-state index in [9.17, 15) is 4.79 Å².